The summed E-state index contributed by atoms with van der Waals surface area (Å²) in [4.78, 5) is 12.2. The maximum Gasteiger partial charge on any atom is 0.143 e. The van der Waals surface area contributed by atoms with Crippen molar-refractivity contribution in [3.8, 4) is 0 Å². The van der Waals surface area contributed by atoms with E-state index in [1.807, 2.05) is 27.7 Å². The lowest BCUT2D eigenvalue weighted by molar-refractivity contribution is -0.134. The van der Waals surface area contributed by atoms with Crippen molar-refractivity contribution in [2.45, 2.75) is 59.9 Å². The largest absolute Gasteiger partial charge is 0.325 e. The van der Waals surface area contributed by atoms with E-state index in [1.54, 1.807) is 0 Å². The topological polar surface area (TPSA) is 43.1 Å². The minimum atomic E-state index is -0.452. The van der Waals surface area contributed by atoms with E-state index >= 15 is 0 Å². The first-order valence-corrected chi connectivity index (χ1v) is 5.51. The van der Waals surface area contributed by atoms with Crippen LogP contribution in [0.25, 0.3) is 0 Å². The molecule has 2 N–H and O–H groups in total. The Morgan fingerprint density at radius 3 is 1.71 bits per heavy atom. The Balaban J connectivity index is 4.83. The summed E-state index contributed by atoms with van der Waals surface area (Å²) >= 11 is 0. The third-order valence-electron chi connectivity index (χ3n) is 3.58. The van der Waals surface area contributed by atoms with E-state index < -0.39 is 11.0 Å². The van der Waals surface area contributed by atoms with E-state index in [2.05, 4.69) is 13.8 Å². The van der Waals surface area contributed by atoms with Crippen molar-refractivity contribution >= 4 is 5.78 Å². The van der Waals surface area contributed by atoms with Crippen LogP contribution in [0.4, 0.5) is 0 Å². The minimum absolute atomic E-state index is 0.160. The van der Waals surface area contributed by atoms with Gasteiger partial charge in [-0.2, -0.15) is 0 Å². The quantitative estimate of drug-likeness (QED) is 0.740. The summed E-state index contributed by atoms with van der Waals surface area (Å²) < 4.78 is 0. The molecule has 14 heavy (non-hydrogen) atoms. The molecule has 0 aliphatic rings. The average molecular weight is 199 g/mol. The molecule has 0 unspecified atom stereocenters. The summed E-state index contributed by atoms with van der Waals surface area (Å²) in [5, 5.41) is 0. The van der Waals surface area contributed by atoms with Crippen molar-refractivity contribution in [1.29, 1.82) is 0 Å². The van der Waals surface area contributed by atoms with Crippen molar-refractivity contribution in [2.24, 2.45) is 17.1 Å². The number of Topliss-reactive ketones (excluding diaryl/α,β-unsaturated/α-hetero) is 1. The van der Waals surface area contributed by atoms with Crippen molar-refractivity contribution in [3.63, 3.8) is 0 Å². The highest BCUT2D eigenvalue weighted by atomic mass is 16.1. The first-order chi connectivity index (χ1) is 6.18. The van der Waals surface area contributed by atoms with Gasteiger partial charge >= 0.3 is 0 Å². The molecule has 2 heteroatoms. The molecule has 0 bridgehead atoms. The van der Waals surface area contributed by atoms with E-state index in [4.69, 9.17) is 5.73 Å². The van der Waals surface area contributed by atoms with Gasteiger partial charge in [0.15, 0.2) is 0 Å². The lowest BCUT2D eigenvalue weighted by Gasteiger charge is -2.39. The van der Waals surface area contributed by atoms with Crippen LogP contribution in [-0.4, -0.2) is 11.3 Å². The van der Waals surface area contributed by atoms with E-state index in [-0.39, 0.29) is 5.92 Å². The Bertz CT molecular complexity index is 197. The first kappa shape index (κ1) is 13.6. The summed E-state index contributed by atoms with van der Waals surface area (Å²) in [5.74, 6) is 0.461. The molecule has 0 saturated carbocycles. The molecule has 0 radical (unpaired) electrons. The molecule has 0 rings (SSSR count). The van der Waals surface area contributed by atoms with E-state index in [0.29, 0.717) is 5.78 Å². The van der Waals surface area contributed by atoms with E-state index in [1.165, 1.54) is 0 Å². The predicted octanol–water partition coefficient (Wildman–Crippen LogP) is 2.76. The third-order valence-corrected chi connectivity index (χ3v) is 3.58. The number of ketones is 1. The molecule has 0 aromatic heterocycles. The van der Waals surface area contributed by atoms with Crippen LogP contribution in [0.5, 0.6) is 0 Å². The van der Waals surface area contributed by atoms with Gasteiger partial charge in [0, 0.05) is 16.9 Å². The fraction of sp³-hybridized carbons (Fsp3) is 0.917. The minimum Gasteiger partial charge on any atom is -0.325 e. The van der Waals surface area contributed by atoms with Crippen molar-refractivity contribution in [1.82, 2.24) is 0 Å². The summed E-state index contributed by atoms with van der Waals surface area (Å²) in [5.41, 5.74) is 5.15. The van der Waals surface area contributed by atoms with Crippen LogP contribution in [0.3, 0.4) is 0 Å². The van der Waals surface area contributed by atoms with Gasteiger partial charge in [0.25, 0.3) is 0 Å². The van der Waals surface area contributed by atoms with Gasteiger partial charge in [-0.05, 0) is 26.7 Å². The van der Waals surface area contributed by atoms with Crippen LogP contribution in [0.2, 0.25) is 0 Å². The molecule has 0 aromatic carbocycles. The highest BCUT2D eigenvalue weighted by Gasteiger charge is 2.42. The Morgan fingerprint density at radius 2 is 1.50 bits per heavy atom. The zero-order chi connectivity index (χ0) is 11.6. The van der Waals surface area contributed by atoms with Gasteiger partial charge in [0.05, 0.1) is 0 Å². The number of nitrogens with two attached hydrogens (primary N) is 1. The molecule has 0 fully saturated rings. The predicted molar refractivity (Wildman–Crippen MR) is 61.1 cm³/mol. The van der Waals surface area contributed by atoms with Crippen molar-refractivity contribution in [2.75, 3.05) is 0 Å². The number of hydrogen-bond donors (Lipinski definition) is 1. The molecule has 0 aromatic rings. The van der Waals surface area contributed by atoms with Crippen LogP contribution in [0, 0.1) is 11.3 Å². The Hall–Kier alpha value is -0.370. The fourth-order valence-corrected chi connectivity index (χ4v) is 1.49. The second-order valence-corrected chi connectivity index (χ2v) is 5.22. The van der Waals surface area contributed by atoms with Crippen molar-refractivity contribution < 1.29 is 4.79 Å². The average Bonchev–Trinajstić information content (AvgIpc) is 2.04. The molecule has 0 heterocycles. The van der Waals surface area contributed by atoms with Gasteiger partial charge in [-0.3, -0.25) is 4.79 Å². The highest BCUT2D eigenvalue weighted by molar-refractivity contribution is 5.87. The maximum absolute atomic E-state index is 12.2. The van der Waals surface area contributed by atoms with Gasteiger partial charge < -0.3 is 5.73 Å². The normalized spacial score (nSPS) is 13.4. The molecular weight excluding hydrogens is 174 g/mol. The van der Waals surface area contributed by atoms with E-state index in [0.717, 1.165) is 12.8 Å². The maximum atomic E-state index is 12.2. The molecule has 0 aliphatic heterocycles. The lowest BCUT2D eigenvalue weighted by atomic mass is 9.68. The second-order valence-electron chi connectivity index (χ2n) is 5.22. The van der Waals surface area contributed by atoms with E-state index in [9.17, 15) is 4.79 Å². The highest BCUT2D eigenvalue weighted by Crippen LogP contribution is 2.33. The van der Waals surface area contributed by atoms with Gasteiger partial charge in [-0.15, -0.1) is 0 Å². The second kappa shape index (κ2) is 4.43. The van der Waals surface area contributed by atoms with Gasteiger partial charge in [-0.25, -0.2) is 0 Å². The summed E-state index contributed by atoms with van der Waals surface area (Å²) in [6.45, 7) is 11.9. The molecule has 84 valence electrons. The SMILES string of the molecule is CCC(CC)C(=O)C(C)(C)C(C)(C)N. The number of carbonyl (C=O) groups is 1. The Labute approximate surface area is 88.3 Å². The van der Waals surface area contributed by atoms with Crippen LogP contribution in [0.1, 0.15) is 54.4 Å². The molecule has 2 nitrogen and oxygen atoms in total. The van der Waals surface area contributed by atoms with Crippen LogP contribution in [-0.2, 0) is 4.79 Å². The molecule has 0 amide bonds. The van der Waals surface area contributed by atoms with Crippen LogP contribution in [0.15, 0.2) is 0 Å². The van der Waals surface area contributed by atoms with Gasteiger partial charge in [0.2, 0.25) is 0 Å². The van der Waals surface area contributed by atoms with Gasteiger partial charge in [0.1, 0.15) is 5.78 Å². The van der Waals surface area contributed by atoms with Gasteiger partial charge in [-0.1, -0.05) is 27.7 Å². The molecule has 0 atom stereocenters. The first-order valence-electron chi connectivity index (χ1n) is 5.51. The number of carbonyl (C=O) groups excluding carboxylic acids is 1. The number of hydrogen-bond acceptors (Lipinski definition) is 2. The standard InChI is InChI=1S/C12H25NO/c1-7-9(8-2)10(14)11(3,4)12(5,6)13/h9H,7-8,13H2,1-6H3. The van der Waals surface area contributed by atoms with Crippen LogP contribution >= 0.6 is 0 Å². The third kappa shape index (κ3) is 2.57. The van der Waals surface area contributed by atoms with Crippen molar-refractivity contribution in [3.05, 3.63) is 0 Å². The Morgan fingerprint density at radius 1 is 1.14 bits per heavy atom. The van der Waals surface area contributed by atoms with Crippen LogP contribution < -0.4 is 5.73 Å². The monoisotopic (exact) mass is 199 g/mol. The molecule has 0 saturated heterocycles. The zero-order valence-electron chi connectivity index (χ0n) is 10.5. The summed E-state index contributed by atoms with van der Waals surface area (Å²) in [6.07, 6.45) is 1.82. The molecule has 0 spiro atoms. The summed E-state index contributed by atoms with van der Waals surface area (Å²) in [7, 11) is 0. The smallest absolute Gasteiger partial charge is 0.143 e. The summed E-state index contributed by atoms with van der Waals surface area (Å²) in [6, 6.07) is 0. The fourth-order valence-electron chi connectivity index (χ4n) is 1.49. The Kier molecular flexibility index (Phi) is 4.32. The molecule has 0 aliphatic carbocycles. The zero-order valence-corrected chi connectivity index (χ0v) is 10.5. The number of rotatable bonds is 5. The lowest BCUT2D eigenvalue weighted by Crippen LogP contribution is -2.53. The molecular formula is C12H25NO.